The van der Waals surface area contributed by atoms with Crippen LogP contribution in [0.5, 0.6) is 0 Å². The van der Waals surface area contributed by atoms with Gasteiger partial charge in [0.05, 0.1) is 11.4 Å². The van der Waals surface area contributed by atoms with Gasteiger partial charge >= 0.3 is 0 Å². The summed E-state index contributed by atoms with van der Waals surface area (Å²) in [6.45, 7) is 4.66. The Bertz CT molecular complexity index is 3360. The molecule has 55 heavy (non-hydrogen) atoms. The number of furan rings is 3. The van der Waals surface area contributed by atoms with E-state index in [0.717, 1.165) is 94.0 Å². The predicted molar refractivity (Wildman–Crippen MR) is 226 cm³/mol. The molecule has 0 saturated carbocycles. The first-order valence-electron chi connectivity index (χ1n) is 18.8. The van der Waals surface area contributed by atoms with Crippen molar-refractivity contribution in [3.8, 4) is 22.3 Å². The molecule has 8 aromatic carbocycles. The standard InChI is InChI=1S/C51H33NO3/c1-51(2)41-18-8-6-14-34(41)35-24-22-31(26-42(35)51)52(43-19-10-17-38-36-15-7-9-20-44(36)55-50(38)43)32-23-25-37-39-28-48-40(29-47(39)54-46(37)27-32)49-33(16-11-21-45(49)53-48)30-12-4-3-5-13-30/h3-29H,1-2H3. The Balaban J connectivity index is 1.07. The van der Waals surface area contributed by atoms with Crippen LogP contribution < -0.4 is 4.90 Å². The zero-order valence-corrected chi connectivity index (χ0v) is 30.3. The molecule has 0 bridgehead atoms. The Morgan fingerprint density at radius 2 is 1.04 bits per heavy atom. The van der Waals surface area contributed by atoms with Crippen LogP contribution in [0.25, 0.3) is 88.1 Å². The lowest BCUT2D eigenvalue weighted by atomic mass is 9.82. The third-order valence-corrected chi connectivity index (χ3v) is 11.9. The van der Waals surface area contributed by atoms with Crippen molar-refractivity contribution in [2.24, 2.45) is 0 Å². The average Bonchev–Trinajstić information content (AvgIpc) is 3.95. The molecule has 0 atom stereocenters. The second-order valence-electron chi connectivity index (χ2n) is 15.3. The monoisotopic (exact) mass is 707 g/mol. The van der Waals surface area contributed by atoms with Gasteiger partial charge in [-0.05, 0) is 88.0 Å². The summed E-state index contributed by atoms with van der Waals surface area (Å²) in [6, 6.07) is 58.0. The lowest BCUT2D eigenvalue weighted by molar-refractivity contribution is 0.660. The van der Waals surface area contributed by atoms with E-state index in [-0.39, 0.29) is 5.41 Å². The lowest BCUT2D eigenvalue weighted by Gasteiger charge is -2.28. The molecule has 0 radical (unpaired) electrons. The van der Waals surface area contributed by atoms with E-state index in [1.807, 2.05) is 24.3 Å². The van der Waals surface area contributed by atoms with E-state index in [0.29, 0.717) is 0 Å². The first-order valence-corrected chi connectivity index (χ1v) is 18.8. The number of fused-ring (bicyclic) bond motifs is 12. The van der Waals surface area contributed by atoms with Crippen molar-refractivity contribution in [3.63, 3.8) is 0 Å². The van der Waals surface area contributed by atoms with Crippen LogP contribution in [0.2, 0.25) is 0 Å². The molecular weight excluding hydrogens is 675 g/mol. The van der Waals surface area contributed by atoms with Crippen LogP contribution in [0.4, 0.5) is 17.1 Å². The summed E-state index contributed by atoms with van der Waals surface area (Å²) >= 11 is 0. The minimum absolute atomic E-state index is 0.150. The molecule has 12 rings (SSSR count). The normalized spacial score (nSPS) is 13.4. The van der Waals surface area contributed by atoms with Crippen LogP contribution in [-0.4, -0.2) is 0 Å². The summed E-state index contributed by atoms with van der Waals surface area (Å²) in [6.07, 6.45) is 0. The Morgan fingerprint density at radius 1 is 0.400 bits per heavy atom. The van der Waals surface area contributed by atoms with Crippen LogP contribution in [0.15, 0.2) is 177 Å². The molecule has 0 spiro atoms. The molecule has 1 aliphatic rings. The Morgan fingerprint density at radius 3 is 1.96 bits per heavy atom. The maximum atomic E-state index is 6.78. The minimum atomic E-state index is -0.150. The maximum absolute atomic E-state index is 6.78. The summed E-state index contributed by atoms with van der Waals surface area (Å²) in [5.41, 5.74) is 15.5. The summed E-state index contributed by atoms with van der Waals surface area (Å²) < 4.78 is 19.9. The molecule has 3 aromatic heterocycles. The molecule has 0 fully saturated rings. The van der Waals surface area contributed by atoms with Crippen molar-refractivity contribution >= 4 is 82.9 Å². The molecule has 0 unspecified atom stereocenters. The smallest absolute Gasteiger partial charge is 0.159 e. The molecule has 1 aliphatic carbocycles. The lowest BCUT2D eigenvalue weighted by Crippen LogP contribution is -2.16. The van der Waals surface area contributed by atoms with Crippen molar-refractivity contribution in [2.75, 3.05) is 4.90 Å². The molecule has 4 heteroatoms. The molecule has 0 N–H and O–H groups in total. The highest BCUT2D eigenvalue weighted by Gasteiger charge is 2.36. The second kappa shape index (κ2) is 11.0. The molecule has 0 amide bonds. The first-order chi connectivity index (χ1) is 27.0. The Labute approximate surface area is 316 Å². The fourth-order valence-electron chi connectivity index (χ4n) is 9.25. The zero-order valence-electron chi connectivity index (χ0n) is 30.3. The van der Waals surface area contributed by atoms with Crippen LogP contribution in [0.3, 0.4) is 0 Å². The number of hydrogen-bond donors (Lipinski definition) is 0. The number of hydrogen-bond acceptors (Lipinski definition) is 4. The maximum Gasteiger partial charge on any atom is 0.159 e. The molecule has 0 saturated heterocycles. The fourth-order valence-corrected chi connectivity index (χ4v) is 9.25. The summed E-state index contributed by atoms with van der Waals surface area (Å²) in [5, 5.41) is 6.39. The van der Waals surface area contributed by atoms with Gasteiger partial charge in [0.15, 0.2) is 5.58 Å². The van der Waals surface area contributed by atoms with Gasteiger partial charge in [-0.3, -0.25) is 0 Å². The number of rotatable bonds is 4. The topological polar surface area (TPSA) is 42.7 Å². The van der Waals surface area contributed by atoms with Gasteiger partial charge in [0, 0.05) is 49.5 Å². The highest BCUT2D eigenvalue weighted by Crippen LogP contribution is 2.52. The van der Waals surface area contributed by atoms with Gasteiger partial charge in [0.25, 0.3) is 0 Å². The van der Waals surface area contributed by atoms with Crippen LogP contribution in [0, 0.1) is 0 Å². The van der Waals surface area contributed by atoms with E-state index in [2.05, 4.69) is 158 Å². The Hall–Kier alpha value is -7.04. The van der Waals surface area contributed by atoms with Gasteiger partial charge in [-0.15, -0.1) is 0 Å². The molecule has 4 nitrogen and oxygen atoms in total. The number of nitrogens with zero attached hydrogens (tertiary/aromatic N) is 1. The van der Waals surface area contributed by atoms with E-state index in [1.165, 1.54) is 22.3 Å². The van der Waals surface area contributed by atoms with Crippen molar-refractivity contribution in [1.82, 2.24) is 0 Å². The van der Waals surface area contributed by atoms with E-state index < -0.39 is 0 Å². The number of para-hydroxylation sites is 2. The molecule has 0 aliphatic heterocycles. The van der Waals surface area contributed by atoms with Gasteiger partial charge in [0.2, 0.25) is 0 Å². The predicted octanol–water partition coefficient (Wildman–Crippen LogP) is 14.8. The van der Waals surface area contributed by atoms with Gasteiger partial charge in [-0.2, -0.15) is 0 Å². The van der Waals surface area contributed by atoms with Gasteiger partial charge in [-0.1, -0.05) is 117 Å². The van der Waals surface area contributed by atoms with Crippen LogP contribution in [0.1, 0.15) is 25.0 Å². The molecule has 260 valence electrons. The van der Waals surface area contributed by atoms with Gasteiger partial charge < -0.3 is 18.2 Å². The van der Waals surface area contributed by atoms with Crippen molar-refractivity contribution in [3.05, 3.63) is 175 Å². The van der Waals surface area contributed by atoms with E-state index in [9.17, 15) is 0 Å². The van der Waals surface area contributed by atoms with Crippen molar-refractivity contribution in [2.45, 2.75) is 19.3 Å². The summed E-state index contributed by atoms with van der Waals surface area (Å²) in [4.78, 5) is 2.32. The largest absolute Gasteiger partial charge is 0.456 e. The third-order valence-electron chi connectivity index (χ3n) is 11.9. The van der Waals surface area contributed by atoms with E-state index in [1.54, 1.807) is 0 Å². The van der Waals surface area contributed by atoms with Crippen LogP contribution in [-0.2, 0) is 5.41 Å². The van der Waals surface area contributed by atoms with Crippen LogP contribution >= 0.6 is 0 Å². The third kappa shape index (κ3) is 4.28. The van der Waals surface area contributed by atoms with Gasteiger partial charge in [-0.25, -0.2) is 0 Å². The van der Waals surface area contributed by atoms with Gasteiger partial charge in [0.1, 0.15) is 27.9 Å². The second-order valence-corrected chi connectivity index (χ2v) is 15.3. The summed E-state index contributed by atoms with van der Waals surface area (Å²) in [7, 11) is 0. The first kappa shape index (κ1) is 30.4. The fraction of sp³-hybridized carbons (Fsp3) is 0.0588. The van der Waals surface area contributed by atoms with E-state index >= 15 is 0 Å². The molecule has 11 aromatic rings. The molecular formula is C51H33NO3. The number of benzene rings is 8. The van der Waals surface area contributed by atoms with E-state index in [4.69, 9.17) is 13.3 Å². The highest BCUT2D eigenvalue weighted by molar-refractivity contribution is 6.18. The Kier molecular flexibility index (Phi) is 6.09. The minimum Gasteiger partial charge on any atom is -0.456 e. The van der Waals surface area contributed by atoms with Crippen molar-refractivity contribution < 1.29 is 13.3 Å². The quantitative estimate of drug-likeness (QED) is 0.183. The number of anilines is 3. The average molecular weight is 708 g/mol. The molecule has 3 heterocycles. The summed E-state index contributed by atoms with van der Waals surface area (Å²) in [5.74, 6) is 0. The highest BCUT2D eigenvalue weighted by atomic mass is 16.3. The SMILES string of the molecule is CC1(C)c2ccccc2-c2ccc(N(c3ccc4c(c3)oc3cc5c(cc34)oc3cccc(-c4ccccc4)c35)c3cccc4c3oc3ccccc34)cc21. The van der Waals surface area contributed by atoms with Crippen molar-refractivity contribution in [1.29, 1.82) is 0 Å². The zero-order chi connectivity index (χ0) is 36.4.